The summed E-state index contributed by atoms with van der Waals surface area (Å²) in [6.07, 6.45) is -0.340. The molecule has 9 nitrogen and oxygen atoms in total. The fourth-order valence-corrected chi connectivity index (χ4v) is 6.17. The number of carbonyl (C=O) groups is 1. The Morgan fingerprint density at radius 1 is 1.06 bits per heavy atom. The van der Waals surface area contributed by atoms with E-state index in [1.54, 1.807) is 35.2 Å². The van der Waals surface area contributed by atoms with Gasteiger partial charge in [-0.15, -0.1) is 0 Å². The highest BCUT2D eigenvalue weighted by Crippen LogP contribution is 2.31. The number of aliphatic hydroxyl groups excluding tert-OH is 1. The minimum Gasteiger partial charge on any atom is -0.389 e. The normalized spacial score (nSPS) is 30.8. The molecular formula is C21H30N2O7S. The van der Waals surface area contributed by atoms with E-state index in [4.69, 9.17) is 14.2 Å². The summed E-state index contributed by atoms with van der Waals surface area (Å²) < 4.78 is 45.2. The lowest BCUT2D eigenvalue weighted by Crippen LogP contribution is -2.57. The Kier molecular flexibility index (Phi) is 7.25. The quantitative estimate of drug-likeness (QED) is 0.694. The average Bonchev–Trinajstić information content (AvgIpc) is 2.78. The first-order chi connectivity index (χ1) is 14.9. The van der Waals surface area contributed by atoms with E-state index in [0.29, 0.717) is 39.1 Å². The van der Waals surface area contributed by atoms with Crippen molar-refractivity contribution in [3.8, 4) is 0 Å². The molecule has 0 unspecified atom stereocenters. The smallest absolute Gasteiger partial charge is 0.243 e. The second-order valence-corrected chi connectivity index (χ2v) is 10.1. The van der Waals surface area contributed by atoms with Crippen LogP contribution in [-0.2, 0) is 29.0 Å². The Hall–Kier alpha value is -1.56. The number of hydrogen-bond acceptors (Lipinski definition) is 7. The van der Waals surface area contributed by atoms with Crippen LogP contribution in [0.15, 0.2) is 35.2 Å². The first kappa shape index (κ1) is 22.6. The molecule has 4 atom stereocenters. The lowest BCUT2D eigenvalue weighted by Gasteiger charge is -2.43. The van der Waals surface area contributed by atoms with Gasteiger partial charge in [0, 0.05) is 19.6 Å². The minimum absolute atomic E-state index is 0.0303. The second-order valence-electron chi connectivity index (χ2n) is 8.22. The number of morpholine rings is 1. The average molecular weight is 455 g/mol. The molecule has 0 radical (unpaired) electrons. The van der Waals surface area contributed by atoms with E-state index in [1.165, 1.54) is 4.31 Å². The number of aliphatic hydroxyl groups is 1. The largest absolute Gasteiger partial charge is 0.389 e. The minimum atomic E-state index is -3.81. The predicted molar refractivity (Wildman–Crippen MR) is 111 cm³/mol. The molecule has 0 saturated carbocycles. The number of rotatable bonds is 4. The molecule has 31 heavy (non-hydrogen) atoms. The molecule has 3 fully saturated rings. The van der Waals surface area contributed by atoms with Gasteiger partial charge in [-0.1, -0.05) is 18.2 Å². The number of hydrogen-bond donors (Lipinski definition) is 1. The Bertz CT molecular complexity index is 845. The summed E-state index contributed by atoms with van der Waals surface area (Å²) >= 11 is 0. The SMILES string of the molecule is O=C(C[C@@H]1CC[C@H]2[C@@H](COC[C@H](O)CN2S(=O)(=O)c2ccccc2)O1)N1CCOCC1. The van der Waals surface area contributed by atoms with Gasteiger partial charge in [0.15, 0.2) is 0 Å². The zero-order valence-corrected chi connectivity index (χ0v) is 18.3. The molecule has 1 aromatic rings. The number of sulfonamides is 1. The van der Waals surface area contributed by atoms with Gasteiger partial charge in [0.2, 0.25) is 15.9 Å². The molecule has 3 saturated heterocycles. The second kappa shape index (κ2) is 9.93. The summed E-state index contributed by atoms with van der Waals surface area (Å²) in [4.78, 5) is 14.6. The van der Waals surface area contributed by atoms with E-state index in [9.17, 15) is 18.3 Å². The van der Waals surface area contributed by atoms with E-state index in [-0.39, 0.29) is 43.1 Å². The molecule has 3 aliphatic rings. The van der Waals surface area contributed by atoms with Gasteiger partial charge in [-0.25, -0.2) is 8.42 Å². The Morgan fingerprint density at radius 2 is 1.81 bits per heavy atom. The summed E-state index contributed by atoms with van der Waals surface area (Å²) in [6.45, 7) is 2.41. The van der Waals surface area contributed by atoms with Crippen LogP contribution in [0.1, 0.15) is 19.3 Å². The molecule has 0 spiro atoms. The van der Waals surface area contributed by atoms with Crippen molar-refractivity contribution >= 4 is 15.9 Å². The molecule has 3 aliphatic heterocycles. The van der Waals surface area contributed by atoms with Crippen LogP contribution in [0.5, 0.6) is 0 Å². The van der Waals surface area contributed by atoms with Gasteiger partial charge < -0.3 is 24.2 Å². The van der Waals surface area contributed by atoms with Crippen LogP contribution in [0, 0.1) is 0 Å². The molecule has 4 rings (SSSR count). The van der Waals surface area contributed by atoms with Crippen molar-refractivity contribution in [3.63, 3.8) is 0 Å². The Balaban J connectivity index is 1.49. The third-order valence-electron chi connectivity index (χ3n) is 6.05. The summed E-state index contributed by atoms with van der Waals surface area (Å²) in [6, 6.07) is 7.77. The zero-order chi connectivity index (χ0) is 21.8. The van der Waals surface area contributed by atoms with Gasteiger partial charge in [-0.3, -0.25) is 4.79 Å². The summed E-state index contributed by atoms with van der Waals surface area (Å²) in [5.74, 6) is 0.0303. The third-order valence-corrected chi connectivity index (χ3v) is 7.95. The highest BCUT2D eigenvalue weighted by Gasteiger charge is 2.43. The number of amides is 1. The number of carbonyl (C=O) groups excluding carboxylic acids is 1. The van der Waals surface area contributed by atoms with Gasteiger partial charge in [-0.2, -0.15) is 4.31 Å². The fourth-order valence-electron chi connectivity index (χ4n) is 4.44. The molecule has 0 aliphatic carbocycles. The van der Waals surface area contributed by atoms with E-state index in [1.807, 2.05) is 0 Å². The summed E-state index contributed by atoms with van der Waals surface area (Å²) in [5, 5.41) is 10.3. The van der Waals surface area contributed by atoms with Crippen molar-refractivity contribution in [2.45, 2.75) is 48.5 Å². The van der Waals surface area contributed by atoms with E-state index in [0.717, 1.165) is 0 Å². The van der Waals surface area contributed by atoms with Gasteiger partial charge in [0.1, 0.15) is 0 Å². The van der Waals surface area contributed by atoms with Crippen LogP contribution in [0.3, 0.4) is 0 Å². The van der Waals surface area contributed by atoms with Crippen molar-refractivity contribution in [1.29, 1.82) is 0 Å². The molecule has 0 aromatic heterocycles. The summed E-state index contributed by atoms with van der Waals surface area (Å²) in [5.41, 5.74) is 0. The third kappa shape index (κ3) is 5.27. The Labute approximate surface area is 182 Å². The van der Waals surface area contributed by atoms with Crippen molar-refractivity contribution < 1.29 is 32.5 Å². The van der Waals surface area contributed by atoms with Gasteiger partial charge in [-0.05, 0) is 25.0 Å². The monoisotopic (exact) mass is 454 g/mol. The first-order valence-corrected chi connectivity index (χ1v) is 12.2. The van der Waals surface area contributed by atoms with Crippen molar-refractivity contribution in [1.82, 2.24) is 9.21 Å². The summed E-state index contributed by atoms with van der Waals surface area (Å²) in [7, 11) is -3.81. The molecule has 1 amide bonds. The van der Waals surface area contributed by atoms with Crippen LogP contribution < -0.4 is 0 Å². The van der Waals surface area contributed by atoms with Crippen molar-refractivity contribution in [3.05, 3.63) is 30.3 Å². The van der Waals surface area contributed by atoms with Crippen molar-refractivity contribution in [2.75, 3.05) is 46.1 Å². The van der Waals surface area contributed by atoms with E-state index < -0.39 is 28.3 Å². The van der Waals surface area contributed by atoms with Gasteiger partial charge in [0.05, 0.1) is 62.1 Å². The number of ether oxygens (including phenoxy) is 3. The standard InChI is InChI=1S/C21H30N2O7S/c24-16-13-23(31(26,27)18-4-2-1-3-5-18)19-7-6-17(30-20(19)15-29-14-16)12-21(25)22-8-10-28-11-9-22/h1-5,16-17,19-20,24H,6-15H2/t16-,17+,19+,20-/m1/s1. The molecule has 1 N–H and O–H groups in total. The van der Waals surface area contributed by atoms with Crippen LogP contribution in [0.4, 0.5) is 0 Å². The van der Waals surface area contributed by atoms with Crippen LogP contribution in [0.25, 0.3) is 0 Å². The lowest BCUT2D eigenvalue weighted by atomic mass is 9.96. The highest BCUT2D eigenvalue weighted by atomic mass is 32.2. The molecule has 1 aromatic carbocycles. The molecule has 10 heteroatoms. The lowest BCUT2D eigenvalue weighted by molar-refractivity contribution is -0.153. The van der Waals surface area contributed by atoms with Gasteiger partial charge in [0.25, 0.3) is 0 Å². The number of nitrogens with zero attached hydrogens (tertiary/aromatic N) is 2. The predicted octanol–water partition coefficient (Wildman–Crippen LogP) is 0.234. The van der Waals surface area contributed by atoms with Gasteiger partial charge >= 0.3 is 0 Å². The van der Waals surface area contributed by atoms with Crippen molar-refractivity contribution in [2.24, 2.45) is 0 Å². The van der Waals surface area contributed by atoms with Crippen LogP contribution in [-0.4, -0.2) is 99.1 Å². The highest BCUT2D eigenvalue weighted by molar-refractivity contribution is 7.89. The number of benzene rings is 1. The topological polar surface area (TPSA) is 106 Å². The van der Waals surface area contributed by atoms with Crippen LogP contribution >= 0.6 is 0 Å². The maximum atomic E-state index is 13.4. The number of fused-ring (bicyclic) bond motifs is 1. The fraction of sp³-hybridized carbons (Fsp3) is 0.667. The maximum absolute atomic E-state index is 13.4. The molecule has 3 heterocycles. The van der Waals surface area contributed by atoms with E-state index >= 15 is 0 Å². The van der Waals surface area contributed by atoms with E-state index in [2.05, 4.69) is 0 Å². The number of β-amino-alcohol motifs (C(OH)–C–C–N with tert-alkyl or cyclic N) is 1. The maximum Gasteiger partial charge on any atom is 0.243 e. The van der Waals surface area contributed by atoms with Crippen LogP contribution in [0.2, 0.25) is 0 Å². The first-order valence-electron chi connectivity index (χ1n) is 10.8. The molecular weight excluding hydrogens is 424 g/mol. The molecule has 172 valence electrons. The Morgan fingerprint density at radius 3 is 2.55 bits per heavy atom. The zero-order valence-electron chi connectivity index (χ0n) is 17.5. The molecule has 0 bridgehead atoms.